The Kier molecular flexibility index (Phi) is 4.60. The minimum atomic E-state index is -3.57. The largest absolute Gasteiger partial charge is 0.398 e. The molecule has 6 heteroatoms. The minimum Gasteiger partial charge on any atom is -0.398 e. The molecule has 118 valence electrons. The number of hydrogen-bond donors (Lipinski definition) is 2. The van der Waals surface area contributed by atoms with Crippen LogP contribution in [0.15, 0.2) is 17.0 Å². The summed E-state index contributed by atoms with van der Waals surface area (Å²) in [6, 6.07) is 3.49. The van der Waals surface area contributed by atoms with Crippen molar-refractivity contribution in [2.24, 2.45) is 5.92 Å². The Morgan fingerprint density at radius 2 is 1.86 bits per heavy atom. The smallest absolute Gasteiger partial charge is 0.245 e. The van der Waals surface area contributed by atoms with Crippen molar-refractivity contribution in [2.75, 3.05) is 18.8 Å². The Morgan fingerprint density at radius 3 is 2.38 bits per heavy atom. The second kappa shape index (κ2) is 5.94. The Hall–Kier alpha value is -1.11. The standard InChI is InChI=1S/C15H24N2O3S/c1-10-4-5-14(16)15(11(10)2)21(19,20)17-8-6-13(7-9-17)12(3)18/h4-5,12-13,18H,6-9,16H2,1-3H3. The van der Waals surface area contributed by atoms with Crippen molar-refractivity contribution in [1.82, 2.24) is 4.31 Å². The SMILES string of the molecule is Cc1ccc(N)c(S(=O)(=O)N2CCC(C(C)O)CC2)c1C. The number of nitrogens with two attached hydrogens (primary N) is 1. The van der Waals surface area contributed by atoms with Crippen LogP contribution in [0, 0.1) is 19.8 Å². The normalized spacial score (nSPS) is 19.6. The molecular weight excluding hydrogens is 288 g/mol. The number of anilines is 1. The molecule has 2 rings (SSSR count). The summed E-state index contributed by atoms with van der Waals surface area (Å²) in [6.45, 7) is 6.31. The van der Waals surface area contributed by atoms with Gasteiger partial charge >= 0.3 is 0 Å². The van der Waals surface area contributed by atoms with E-state index in [-0.39, 0.29) is 16.9 Å². The van der Waals surface area contributed by atoms with Gasteiger partial charge in [0.15, 0.2) is 0 Å². The van der Waals surface area contributed by atoms with Gasteiger partial charge < -0.3 is 10.8 Å². The van der Waals surface area contributed by atoms with E-state index in [4.69, 9.17) is 5.73 Å². The molecule has 0 aromatic heterocycles. The highest BCUT2D eigenvalue weighted by molar-refractivity contribution is 7.89. The lowest BCUT2D eigenvalue weighted by atomic mass is 9.93. The molecule has 0 saturated carbocycles. The molecule has 0 aliphatic carbocycles. The topological polar surface area (TPSA) is 83.6 Å². The van der Waals surface area contributed by atoms with E-state index in [0.29, 0.717) is 37.2 Å². The number of nitrogens with zero attached hydrogens (tertiary/aromatic N) is 1. The van der Waals surface area contributed by atoms with Crippen LogP contribution in [-0.4, -0.2) is 37.0 Å². The predicted octanol–water partition coefficient (Wildman–Crippen LogP) is 1.67. The van der Waals surface area contributed by atoms with Crippen LogP contribution >= 0.6 is 0 Å². The lowest BCUT2D eigenvalue weighted by Crippen LogP contribution is -2.41. The molecule has 3 N–H and O–H groups in total. The second-order valence-corrected chi connectivity index (χ2v) is 7.78. The summed E-state index contributed by atoms with van der Waals surface area (Å²) in [5, 5.41) is 9.62. The van der Waals surface area contributed by atoms with Crippen molar-refractivity contribution < 1.29 is 13.5 Å². The summed E-state index contributed by atoms with van der Waals surface area (Å²) >= 11 is 0. The second-order valence-electron chi connectivity index (χ2n) is 5.91. The van der Waals surface area contributed by atoms with Gasteiger partial charge in [-0.25, -0.2) is 8.42 Å². The number of benzene rings is 1. The molecule has 0 amide bonds. The lowest BCUT2D eigenvalue weighted by Gasteiger charge is -2.33. The summed E-state index contributed by atoms with van der Waals surface area (Å²) < 4.78 is 27.2. The maximum atomic E-state index is 12.8. The van der Waals surface area contributed by atoms with Crippen molar-refractivity contribution in [1.29, 1.82) is 0 Å². The molecule has 1 aromatic carbocycles. The molecule has 0 radical (unpaired) electrons. The Balaban J connectivity index is 2.30. The minimum absolute atomic E-state index is 0.174. The number of hydrogen-bond acceptors (Lipinski definition) is 4. The van der Waals surface area contributed by atoms with Crippen molar-refractivity contribution in [2.45, 2.75) is 44.6 Å². The Labute approximate surface area is 126 Å². The van der Waals surface area contributed by atoms with Crippen molar-refractivity contribution >= 4 is 15.7 Å². The molecule has 1 atom stereocenters. The van der Waals surface area contributed by atoms with Crippen LogP contribution in [0.4, 0.5) is 5.69 Å². The monoisotopic (exact) mass is 312 g/mol. The third-order valence-corrected chi connectivity index (χ3v) is 6.59. The Morgan fingerprint density at radius 1 is 1.29 bits per heavy atom. The van der Waals surface area contributed by atoms with E-state index in [2.05, 4.69) is 0 Å². The van der Waals surface area contributed by atoms with Crippen molar-refractivity contribution in [3.8, 4) is 0 Å². The zero-order chi connectivity index (χ0) is 15.8. The molecule has 1 saturated heterocycles. The van der Waals surface area contributed by atoms with Crippen LogP contribution in [-0.2, 0) is 10.0 Å². The van der Waals surface area contributed by atoms with Gasteiger partial charge in [-0.2, -0.15) is 4.31 Å². The van der Waals surface area contributed by atoms with E-state index in [0.717, 1.165) is 5.56 Å². The van der Waals surface area contributed by atoms with Gasteiger partial charge in [-0.3, -0.25) is 0 Å². The molecule has 21 heavy (non-hydrogen) atoms. The number of aliphatic hydroxyl groups is 1. The first-order valence-corrected chi connectivity index (χ1v) is 8.73. The summed E-state index contributed by atoms with van der Waals surface area (Å²) in [7, 11) is -3.57. The molecular formula is C15H24N2O3S. The third kappa shape index (κ3) is 3.07. The first kappa shape index (κ1) is 16.3. The predicted molar refractivity (Wildman–Crippen MR) is 83.5 cm³/mol. The average molecular weight is 312 g/mol. The Bertz CT molecular complexity index is 618. The van der Waals surface area contributed by atoms with Gasteiger partial charge in [0.2, 0.25) is 10.0 Å². The van der Waals surface area contributed by atoms with Crippen LogP contribution < -0.4 is 5.73 Å². The van der Waals surface area contributed by atoms with Crippen LogP contribution in [0.25, 0.3) is 0 Å². The van der Waals surface area contributed by atoms with Gasteiger partial charge in [0.05, 0.1) is 11.8 Å². The molecule has 1 unspecified atom stereocenters. The number of nitrogen functional groups attached to an aromatic ring is 1. The molecule has 1 aliphatic rings. The number of rotatable bonds is 3. The van der Waals surface area contributed by atoms with Crippen LogP contribution in [0.3, 0.4) is 0 Å². The van der Waals surface area contributed by atoms with Gasteiger partial charge in [-0.15, -0.1) is 0 Å². The van der Waals surface area contributed by atoms with Crippen LogP contribution in [0.2, 0.25) is 0 Å². The number of piperidine rings is 1. The maximum absolute atomic E-state index is 12.8. The lowest BCUT2D eigenvalue weighted by molar-refractivity contribution is 0.0912. The third-order valence-electron chi connectivity index (χ3n) is 4.49. The van der Waals surface area contributed by atoms with E-state index in [1.165, 1.54) is 4.31 Å². The van der Waals surface area contributed by atoms with Gasteiger partial charge in [0.1, 0.15) is 4.90 Å². The highest BCUT2D eigenvalue weighted by atomic mass is 32.2. The molecule has 1 fully saturated rings. The number of aryl methyl sites for hydroxylation is 1. The summed E-state index contributed by atoms with van der Waals surface area (Å²) in [5.41, 5.74) is 7.85. The van der Waals surface area contributed by atoms with E-state index in [1.54, 1.807) is 19.9 Å². The zero-order valence-corrected chi connectivity index (χ0v) is 13.7. The molecule has 1 aromatic rings. The van der Waals surface area contributed by atoms with E-state index < -0.39 is 10.0 Å². The van der Waals surface area contributed by atoms with E-state index in [1.807, 2.05) is 13.0 Å². The van der Waals surface area contributed by atoms with Gasteiger partial charge in [0.25, 0.3) is 0 Å². The molecule has 1 heterocycles. The highest BCUT2D eigenvalue weighted by Gasteiger charge is 2.33. The first-order valence-electron chi connectivity index (χ1n) is 7.29. The molecule has 0 spiro atoms. The zero-order valence-electron chi connectivity index (χ0n) is 12.8. The quantitative estimate of drug-likeness (QED) is 0.832. The molecule has 5 nitrogen and oxygen atoms in total. The van der Waals surface area contributed by atoms with Crippen LogP contribution in [0.1, 0.15) is 30.9 Å². The summed E-state index contributed by atoms with van der Waals surface area (Å²) in [6.07, 6.45) is 0.976. The van der Waals surface area contributed by atoms with Crippen molar-refractivity contribution in [3.63, 3.8) is 0 Å². The number of sulfonamides is 1. The van der Waals surface area contributed by atoms with Gasteiger partial charge in [-0.1, -0.05) is 6.07 Å². The fraction of sp³-hybridized carbons (Fsp3) is 0.600. The van der Waals surface area contributed by atoms with Gasteiger partial charge in [-0.05, 0) is 56.7 Å². The van der Waals surface area contributed by atoms with E-state index in [9.17, 15) is 13.5 Å². The van der Waals surface area contributed by atoms with Gasteiger partial charge in [0, 0.05) is 13.1 Å². The number of aliphatic hydroxyl groups excluding tert-OH is 1. The molecule has 1 aliphatic heterocycles. The summed E-state index contributed by atoms with van der Waals surface area (Å²) in [5.74, 6) is 0.174. The first-order chi connectivity index (χ1) is 9.75. The van der Waals surface area contributed by atoms with E-state index >= 15 is 0 Å². The maximum Gasteiger partial charge on any atom is 0.245 e. The average Bonchev–Trinajstić information content (AvgIpc) is 2.43. The van der Waals surface area contributed by atoms with Crippen molar-refractivity contribution in [3.05, 3.63) is 23.3 Å². The fourth-order valence-corrected chi connectivity index (χ4v) is 4.74. The molecule has 0 bridgehead atoms. The summed E-state index contributed by atoms with van der Waals surface area (Å²) in [4.78, 5) is 0.234. The van der Waals surface area contributed by atoms with Crippen LogP contribution in [0.5, 0.6) is 0 Å². The highest BCUT2D eigenvalue weighted by Crippen LogP contribution is 2.31. The fourth-order valence-electron chi connectivity index (χ4n) is 2.88.